The summed E-state index contributed by atoms with van der Waals surface area (Å²) in [6.07, 6.45) is 0. The van der Waals surface area contributed by atoms with Crippen molar-refractivity contribution in [1.29, 1.82) is 0 Å². The van der Waals surface area contributed by atoms with E-state index in [-0.39, 0.29) is 0 Å². The zero-order valence-corrected chi connectivity index (χ0v) is 37.7. The Morgan fingerprint density at radius 3 is 0.800 bits per heavy atom. The summed E-state index contributed by atoms with van der Waals surface area (Å²) in [4.78, 5) is 40.6. The monoisotopic (exact) mass is 896 g/mol. The fraction of sp³-hybridized carbons (Fsp3) is 0. The van der Waals surface area contributed by atoms with Crippen molar-refractivity contribution in [2.24, 2.45) is 0 Å². The van der Waals surface area contributed by atoms with Crippen LogP contribution in [0.5, 0.6) is 0 Å². The quantitative estimate of drug-likeness (QED) is 0.134. The van der Waals surface area contributed by atoms with Gasteiger partial charge in [0.1, 0.15) is 0 Å². The van der Waals surface area contributed by atoms with Gasteiger partial charge in [-0.05, 0) is 28.8 Å². The van der Waals surface area contributed by atoms with Crippen molar-refractivity contribution in [1.82, 2.24) is 39.9 Å². The molecule has 0 spiro atoms. The second kappa shape index (κ2) is 18.6. The number of nitrogens with zero attached hydrogens (tertiary/aromatic N) is 8. The number of aromatic nitrogens is 8. The van der Waals surface area contributed by atoms with Crippen molar-refractivity contribution >= 4 is 10.9 Å². The van der Waals surface area contributed by atoms with Crippen LogP contribution in [0.4, 0.5) is 0 Å². The second-order valence-corrected chi connectivity index (χ2v) is 16.8. The van der Waals surface area contributed by atoms with Crippen LogP contribution in [-0.4, -0.2) is 39.9 Å². The minimum Gasteiger partial charge on any atom is -0.227 e. The topological polar surface area (TPSA) is 103 Å². The molecule has 0 unspecified atom stereocenters. The maximum atomic E-state index is 5.44. The zero-order valence-electron chi connectivity index (χ0n) is 37.7. The first-order chi connectivity index (χ1) is 34.7. The maximum Gasteiger partial charge on any atom is 0.164 e. The normalized spacial score (nSPS) is 11.1. The van der Waals surface area contributed by atoms with Crippen LogP contribution in [0.3, 0.4) is 0 Å². The SMILES string of the molecule is c1ccc(-c2cc(-c3ccccc3)c3nc(-c4ccc(-c5nc(-c6ccccc6)nc(-c6ccccc6)n5)cc4)nc(-c4ccc(-c5nc(-c6ccccc6)nc(-c6ccccc6)n5)cc4)c3c2)cc1. The molecule has 3 aromatic heterocycles. The van der Waals surface area contributed by atoms with E-state index in [0.717, 1.165) is 83.4 Å². The molecule has 8 nitrogen and oxygen atoms in total. The van der Waals surface area contributed by atoms with Gasteiger partial charge >= 0.3 is 0 Å². The van der Waals surface area contributed by atoms with Gasteiger partial charge < -0.3 is 0 Å². The first-order valence-corrected chi connectivity index (χ1v) is 23.1. The third-order valence-corrected chi connectivity index (χ3v) is 12.2. The fourth-order valence-corrected chi connectivity index (χ4v) is 8.64. The average molecular weight is 897 g/mol. The van der Waals surface area contributed by atoms with Crippen LogP contribution in [0.25, 0.3) is 124 Å². The smallest absolute Gasteiger partial charge is 0.164 e. The second-order valence-electron chi connectivity index (χ2n) is 16.8. The predicted molar refractivity (Wildman–Crippen MR) is 281 cm³/mol. The lowest BCUT2D eigenvalue weighted by Gasteiger charge is -2.16. The summed E-state index contributed by atoms with van der Waals surface area (Å²) in [5, 5.41) is 0.929. The third kappa shape index (κ3) is 8.49. The molecule has 3 heterocycles. The molecule has 0 fully saturated rings. The highest BCUT2D eigenvalue weighted by molar-refractivity contribution is 6.04. The van der Waals surface area contributed by atoms with Crippen LogP contribution in [0, 0.1) is 0 Å². The Balaban J connectivity index is 1.01. The first-order valence-electron chi connectivity index (χ1n) is 23.1. The Morgan fingerprint density at radius 2 is 0.457 bits per heavy atom. The molecule has 0 amide bonds. The van der Waals surface area contributed by atoms with Crippen LogP contribution in [0.2, 0.25) is 0 Å². The van der Waals surface area contributed by atoms with Gasteiger partial charge in [0, 0.05) is 55.5 Å². The van der Waals surface area contributed by atoms with Gasteiger partial charge in [-0.15, -0.1) is 0 Å². The summed E-state index contributed by atoms with van der Waals surface area (Å²) in [5.74, 6) is 4.17. The summed E-state index contributed by atoms with van der Waals surface area (Å²) in [6, 6.07) is 81.9. The number of fused-ring (bicyclic) bond motifs is 1. The lowest BCUT2D eigenvalue weighted by atomic mass is 9.93. The van der Waals surface area contributed by atoms with E-state index in [0.29, 0.717) is 40.8 Å². The first kappa shape index (κ1) is 41.7. The van der Waals surface area contributed by atoms with E-state index in [1.54, 1.807) is 0 Å². The maximum absolute atomic E-state index is 5.44. The molecule has 0 saturated carbocycles. The molecule has 0 aliphatic carbocycles. The molecule has 0 aliphatic rings. The van der Waals surface area contributed by atoms with Crippen molar-refractivity contribution in [3.8, 4) is 113 Å². The summed E-state index contributed by atoms with van der Waals surface area (Å²) in [7, 11) is 0. The molecule has 0 aliphatic heterocycles. The average Bonchev–Trinajstić information content (AvgIpc) is 3.46. The highest BCUT2D eigenvalue weighted by atomic mass is 15.0. The van der Waals surface area contributed by atoms with E-state index in [4.69, 9.17) is 39.9 Å². The van der Waals surface area contributed by atoms with Crippen LogP contribution < -0.4 is 0 Å². The summed E-state index contributed by atoms with van der Waals surface area (Å²) >= 11 is 0. The van der Waals surface area contributed by atoms with Gasteiger partial charge in [-0.2, -0.15) is 0 Å². The predicted octanol–water partition coefficient (Wildman–Crippen LogP) is 14.7. The van der Waals surface area contributed by atoms with Crippen molar-refractivity contribution in [2.45, 2.75) is 0 Å². The summed E-state index contributed by atoms with van der Waals surface area (Å²) in [6.45, 7) is 0. The molecule has 12 aromatic rings. The van der Waals surface area contributed by atoms with E-state index in [1.807, 2.05) is 158 Å². The molecular weight excluding hydrogens is 857 g/mol. The summed E-state index contributed by atoms with van der Waals surface area (Å²) in [5.41, 5.74) is 13.0. The van der Waals surface area contributed by atoms with Crippen LogP contribution in [-0.2, 0) is 0 Å². The van der Waals surface area contributed by atoms with E-state index in [9.17, 15) is 0 Å². The Bertz CT molecular complexity index is 3650. The molecule has 0 bridgehead atoms. The minimum absolute atomic E-state index is 0.573. The largest absolute Gasteiger partial charge is 0.227 e. The van der Waals surface area contributed by atoms with Gasteiger partial charge in [-0.25, -0.2) is 39.9 Å². The van der Waals surface area contributed by atoms with Crippen molar-refractivity contribution in [3.63, 3.8) is 0 Å². The standard InChI is InChI=1S/C62H40N8/c1-7-19-41(20-8-1)51-39-52(42-21-9-2-10-22-42)55-53(40-51)54(43-31-33-49(34-32-43)61-67-57(44-23-11-3-12-24-44)65-58(68-61)45-25-13-4-14-26-45)63-56(64-55)48-35-37-50(38-36-48)62-69-59(46-27-15-5-16-28-46)66-60(70-62)47-29-17-6-18-30-47/h1-40H. The molecule has 9 aromatic carbocycles. The third-order valence-electron chi connectivity index (χ3n) is 12.2. The molecule has 0 atom stereocenters. The lowest BCUT2D eigenvalue weighted by molar-refractivity contribution is 1.07. The highest BCUT2D eigenvalue weighted by Gasteiger charge is 2.20. The van der Waals surface area contributed by atoms with Crippen LogP contribution >= 0.6 is 0 Å². The molecule has 70 heavy (non-hydrogen) atoms. The Labute approximate surface area is 404 Å². The van der Waals surface area contributed by atoms with E-state index in [2.05, 4.69) is 84.9 Å². The van der Waals surface area contributed by atoms with Gasteiger partial charge in [0.05, 0.1) is 11.2 Å². The number of hydrogen-bond donors (Lipinski definition) is 0. The zero-order chi connectivity index (χ0) is 46.6. The van der Waals surface area contributed by atoms with Crippen molar-refractivity contribution < 1.29 is 0 Å². The van der Waals surface area contributed by atoms with Gasteiger partial charge in [0.25, 0.3) is 0 Å². The van der Waals surface area contributed by atoms with Crippen molar-refractivity contribution in [3.05, 3.63) is 243 Å². The molecule has 12 rings (SSSR count). The van der Waals surface area contributed by atoms with E-state index >= 15 is 0 Å². The lowest BCUT2D eigenvalue weighted by Crippen LogP contribution is -2.01. The Hall–Kier alpha value is -9.66. The van der Waals surface area contributed by atoms with E-state index in [1.165, 1.54) is 0 Å². The van der Waals surface area contributed by atoms with Gasteiger partial charge in [-0.1, -0.05) is 231 Å². The number of benzene rings is 9. The van der Waals surface area contributed by atoms with Gasteiger partial charge in [0.15, 0.2) is 40.8 Å². The molecule has 0 saturated heterocycles. The summed E-state index contributed by atoms with van der Waals surface area (Å²) < 4.78 is 0. The number of rotatable bonds is 10. The van der Waals surface area contributed by atoms with Gasteiger partial charge in [-0.3, -0.25) is 0 Å². The van der Waals surface area contributed by atoms with E-state index < -0.39 is 0 Å². The Morgan fingerprint density at radius 1 is 0.186 bits per heavy atom. The molecule has 0 N–H and O–H groups in total. The fourth-order valence-electron chi connectivity index (χ4n) is 8.64. The molecule has 8 heteroatoms. The minimum atomic E-state index is 0.573. The Kier molecular flexibility index (Phi) is 11.1. The molecular formula is C62H40N8. The molecule has 0 radical (unpaired) electrons. The van der Waals surface area contributed by atoms with Crippen molar-refractivity contribution in [2.75, 3.05) is 0 Å². The van der Waals surface area contributed by atoms with Crippen LogP contribution in [0.1, 0.15) is 0 Å². The number of hydrogen-bond acceptors (Lipinski definition) is 8. The highest BCUT2D eigenvalue weighted by Crippen LogP contribution is 2.39. The molecule has 328 valence electrons. The van der Waals surface area contributed by atoms with Gasteiger partial charge in [0.2, 0.25) is 0 Å². The van der Waals surface area contributed by atoms with Crippen LogP contribution in [0.15, 0.2) is 243 Å².